The van der Waals surface area contributed by atoms with Crippen molar-refractivity contribution in [2.45, 2.75) is 44.1 Å². The Balaban J connectivity index is 1.68. The number of primary amides is 1. The van der Waals surface area contributed by atoms with Crippen LogP contribution in [-0.2, 0) is 17.6 Å². The Hall–Kier alpha value is -2.15. The van der Waals surface area contributed by atoms with Crippen molar-refractivity contribution < 1.29 is 9.59 Å². The van der Waals surface area contributed by atoms with Crippen molar-refractivity contribution in [2.24, 2.45) is 5.73 Å². The van der Waals surface area contributed by atoms with Gasteiger partial charge in [0, 0.05) is 43.8 Å². The van der Waals surface area contributed by atoms with Crippen molar-refractivity contribution in [3.63, 3.8) is 0 Å². The first kappa shape index (κ1) is 17.3. The zero-order valence-corrected chi connectivity index (χ0v) is 15.4. The van der Waals surface area contributed by atoms with Crippen LogP contribution in [0.3, 0.4) is 0 Å². The summed E-state index contributed by atoms with van der Waals surface area (Å²) in [6, 6.07) is 1.95. The van der Waals surface area contributed by atoms with Crippen LogP contribution in [0, 0.1) is 0 Å². The Labute approximate surface area is 153 Å². The number of nitrogens with one attached hydrogen (secondary N) is 1. The molecule has 2 aliphatic heterocycles. The van der Waals surface area contributed by atoms with Gasteiger partial charge in [0.25, 0.3) is 5.91 Å². The summed E-state index contributed by atoms with van der Waals surface area (Å²) >= 11 is 0. The molecule has 0 unspecified atom stereocenters. The van der Waals surface area contributed by atoms with E-state index in [1.54, 1.807) is 0 Å². The normalized spacial score (nSPS) is 26.5. The zero-order valence-electron chi connectivity index (χ0n) is 15.4. The van der Waals surface area contributed by atoms with Gasteiger partial charge in [-0.1, -0.05) is 0 Å². The Morgan fingerprint density at radius 3 is 2.92 bits per heavy atom. The summed E-state index contributed by atoms with van der Waals surface area (Å²) in [7, 11) is 2.14. The molecule has 1 spiro atoms. The zero-order chi connectivity index (χ0) is 18.3. The second-order valence-electron chi connectivity index (χ2n) is 7.85. The molecule has 3 aliphatic rings. The minimum absolute atomic E-state index is 0.0764. The van der Waals surface area contributed by atoms with Crippen LogP contribution in [0.25, 0.3) is 0 Å². The standard InChI is InChI=1S/C19H27N5O2/c1-23-9-10-24(12-19(23)6-5-16(25)21-8-7-19)18-14(17(20)26)11-13-3-2-4-15(13)22-18/h11H,2-10,12H2,1H3,(H2,20,26)(H,21,25)/t19-/m1/s1. The van der Waals surface area contributed by atoms with Crippen molar-refractivity contribution in [3.8, 4) is 0 Å². The van der Waals surface area contributed by atoms with Crippen LogP contribution < -0.4 is 16.0 Å². The quantitative estimate of drug-likeness (QED) is 0.802. The van der Waals surface area contributed by atoms with Crippen LogP contribution in [0.15, 0.2) is 6.07 Å². The van der Waals surface area contributed by atoms with Gasteiger partial charge in [-0.3, -0.25) is 14.5 Å². The third kappa shape index (κ3) is 2.94. The molecule has 0 radical (unpaired) electrons. The van der Waals surface area contributed by atoms with Gasteiger partial charge in [0.05, 0.1) is 5.56 Å². The van der Waals surface area contributed by atoms with E-state index in [4.69, 9.17) is 10.7 Å². The number of piperazine rings is 1. The maximum Gasteiger partial charge on any atom is 0.252 e. The second-order valence-corrected chi connectivity index (χ2v) is 7.85. The summed E-state index contributed by atoms with van der Waals surface area (Å²) < 4.78 is 0. The van der Waals surface area contributed by atoms with Gasteiger partial charge in [-0.25, -0.2) is 4.98 Å². The minimum Gasteiger partial charge on any atom is -0.365 e. The van der Waals surface area contributed by atoms with Crippen molar-refractivity contribution >= 4 is 17.6 Å². The minimum atomic E-state index is -0.409. The largest absolute Gasteiger partial charge is 0.365 e. The van der Waals surface area contributed by atoms with E-state index in [2.05, 4.69) is 22.2 Å². The molecule has 140 valence electrons. The smallest absolute Gasteiger partial charge is 0.252 e. The third-order valence-corrected chi connectivity index (χ3v) is 6.33. The third-order valence-electron chi connectivity index (χ3n) is 6.33. The fraction of sp³-hybridized carbons (Fsp3) is 0.632. The molecule has 1 aliphatic carbocycles. The number of hydrogen-bond donors (Lipinski definition) is 2. The molecule has 0 bridgehead atoms. The van der Waals surface area contributed by atoms with Crippen LogP contribution in [0.4, 0.5) is 5.82 Å². The topological polar surface area (TPSA) is 91.6 Å². The number of hydrogen-bond acceptors (Lipinski definition) is 5. The Kier molecular flexibility index (Phi) is 4.34. The second kappa shape index (κ2) is 6.54. The van der Waals surface area contributed by atoms with Gasteiger partial charge in [0.2, 0.25) is 5.91 Å². The van der Waals surface area contributed by atoms with Crippen LogP contribution in [0.1, 0.15) is 47.3 Å². The number of aryl methyl sites for hydroxylation is 2. The number of fused-ring (bicyclic) bond motifs is 1. The van der Waals surface area contributed by atoms with E-state index in [1.807, 2.05) is 6.07 Å². The average molecular weight is 357 g/mol. The Morgan fingerprint density at radius 1 is 1.27 bits per heavy atom. The van der Waals surface area contributed by atoms with Gasteiger partial charge in [-0.2, -0.15) is 0 Å². The van der Waals surface area contributed by atoms with Gasteiger partial charge >= 0.3 is 0 Å². The lowest BCUT2D eigenvalue weighted by Gasteiger charge is -2.49. The maximum absolute atomic E-state index is 12.1. The van der Waals surface area contributed by atoms with E-state index in [9.17, 15) is 9.59 Å². The summed E-state index contributed by atoms with van der Waals surface area (Å²) in [4.78, 5) is 33.4. The number of amides is 2. The van der Waals surface area contributed by atoms with Gasteiger partial charge in [-0.15, -0.1) is 0 Å². The molecule has 2 fully saturated rings. The van der Waals surface area contributed by atoms with Gasteiger partial charge < -0.3 is 16.0 Å². The number of pyridine rings is 1. The molecule has 3 N–H and O–H groups in total. The first-order valence-corrected chi connectivity index (χ1v) is 9.54. The van der Waals surface area contributed by atoms with E-state index in [0.717, 1.165) is 68.8 Å². The average Bonchev–Trinajstić information content (AvgIpc) is 3.00. The molecule has 1 aromatic heterocycles. The highest BCUT2D eigenvalue weighted by atomic mass is 16.2. The molecule has 26 heavy (non-hydrogen) atoms. The van der Waals surface area contributed by atoms with Gasteiger partial charge in [0.15, 0.2) is 0 Å². The molecule has 2 amide bonds. The molecule has 1 aromatic rings. The molecule has 0 saturated carbocycles. The summed E-state index contributed by atoms with van der Waals surface area (Å²) in [6.07, 6.45) is 5.30. The van der Waals surface area contributed by atoms with Gasteiger partial charge in [0.1, 0.15) is 5.82 Å². The fourth-order valence-electron chi connectivity index (χ4n) is 4.66. The van der Waals surface area contributed by atoms with Crippen molar-refractivity contribution in [1.82, 2.24) is 15.2 Å². The number of carbonyl (C=O) groups excluding carboxylic acids is 2. The molecular weight excluding hydrogens is 330 g/mol. The molecular formula is C19H27N5O2. The van der Waals surface area contributed by atoms with Crippen LogP contribution in [0.5, 0.6) is 0 Å². The first-order chi connectivity index (χ1) is 12.5. The number of carbonyl (C=O) groups is 2. The lowest BCUT2D eigenvalue weighted by molar-refractivity contribution is -0.120. The van der Waals surface area contributed by atoms with Crippen LogP contribution >= 0.6 is 0 Å². The maximum atomic E-state index is 12.1. The number of rotatable bonds is 2. The monoisotopic (exact) mass is 357 g/mol. The lowest BCUT2D eigenvalue weighted by atomic mass is 9.86. The molecule has 7 nitrogen and oxygen atoms in total. The van der Waals surface area contributed by atoms with Crippen LogP contribution in [-0.4, -0.2) is 60.5 Å². The number of nitrogens with two attached hydrogens (primary N) is 1. The highest BCUT2D eigenvalue weighted by Crippen LogP contribution is 2.34. The Bertz CT molecular complexity index is 750. The number of likely N-dealkylation sites (N-methyl/N-ethyl adjacent to an activating group) is 1. The number of anilines is 1. The van der Waals surface area contributed by atoms with E-state index in [1.165, 1.54) is 0 Å². The number of aromatic nitrogens is 1. The van der Waals surface area contributed by atoms with Crippen molar-refractivity contribution in [2.75, 3.05) is 38.1 Å². The summed E-state index contributed by atoms with van der Waals surface area (Å²) in [5.41, 5.74) is 8.41. The number of nitrogens with zero attached hydrogens (tertiary/aromatic N) is 3. The van der Waals surface area contributed by atoms with Crippen molar-refractivity contribution in [1.29, 1.82) is 0 Å². The molecule has 2 saturated heterocycles. The van der Waals surface area contributed by atoms with E-state index in [-0.39, 0.29) is 11.4 Å². The van der Waals surface area contributed by atoms with Crippen LogP contribution in [0.2, 0.25) is 0 Å². The SMILES string of the molecule is CN1CCN(c2nc3c(cc2C(N)=O)CCC3)C[C@@]12CCNC(=O)CC2. The highest BCUT2D eigenvalue weighted by Gasteiger charge is 2.42. The predicted octanol–water partition coefficient (Wildman–Crippen LogP) is 0.460. The molecule has 0 aromatic carbocycles. The predicted molar refractivity (Wildman–Crippen MR) is 99.2 cm³/mol. The van der Waals surface area contributed by atoms with E-state index < -0.39 is 5.91 Å². The molecule has 7 heteroatoms. The van der Waals surface area contributed by atoms with E-state index >= 15 is 0 Å². The first-order valence-electron chi connectivity index (χ1n) is 9.54. The molecule has 4 rings (SSSR count). The van der Waals surface area contributed by atoms with Crippen molar-refractivity contribution in [3.05, 3.63) is 22.9 Å². The molecule has 3 heterocycles. The lowest BCUT2D eigenvalue weighted by Crippen LogP contribution is -2.61. The summed E-state index contributed by atoms with van der Waals surface area (Å²) in [5, 5.41) is 2.98. The fourth-order valence-corrected chi connectivity index (χ4v) is 4.66. The highest BCUT2D eigenvalue weighted by molar-refractivity contribution is 5.98. The Morgan fingerprint density at radius 2 is 2.12 bits per heavy atom. The van der Waals surface area contributed by atoms with E-state index in [0.29, 0.717) is 18.5 Å². The van der Waals surface area contributed by atoms with Gasteiger partial charge in [-0.05, 0) is 50.8 Å². The summed E-state index contributed by atoms with van der Waals surface area (Å²) in [5.74, 6) is 0.447. The molecule has 1 atom stereocenters. The summed E-state index contributed by atoms with van der Waals surface area (Å²) in [6.45, 7) is 3.15.